The van der Waals surface area contributed by atoms with Gasteiger partial charge in [-0.3, -0.25) is 0 Å². The van der Waals surface area contributed by atoms with E-state index in [1.54, 1.807) is 32.9 Å². The Morgan fingerprint density at radius 1 is 1.23 bits per heavy atom. The number of amides is 1. The van der Waals surface area contributed by atoms with Gasteiger partial charge in [0.15, 0.2) is 0 Å². The topological polar surface area (TPSA) is 130 Å². The molecular weight excluding hydrogens is 340 g/mol. The van der Waals surface area contributed by atoms with Crippen LogP contribution in [0.5, 0.6) is 0 Å². The maximum atomic E-state index is 11.6. The molecule has 4 N–H and O–H groups in total. The average molecular weight is 364 g/mol. The summed E-state index contributed by atoms with van der Waals surface area (Å²) in [5.41, 5.74) is 0.105. The average Bonchev–Trinajstić information content (AvgIpc) is 3.07. The zero-order chi connectivity index (χ0) is 19.3. The van der Waals surface area contributed by atoms with Gasteiger partial charge in [0.05, 0.1) is 11.9 Å². The van der Waals surface area contributed by atoms with Crippen molar-refractivity contribution in [2.45, 2.75) is 44.7 Å². The summed E-state index contributed by atoms with van der Waals surface area (Å²) < 4.78 is 5.03. The van der Waals surface area contributed by atoms with Crippen molar-refractivity contribution in [3.63, 3.8) is 0 Å². The summed E-state index contributed by atoms with van der Waals surface area (Å²) in [5.74, 6) is 0. The third-order valence-electron chi connectivity index (χ3n) is 3.37. The van der Waals surface area contributed by atoms with Crippen LogP contribution in [0.2, 0.25) is 0 Å². The van der Waals surface area contributed by atoms with Gasteiger partial charge in [-0.25, -0.2) is 4.79 Å². The minimum absolute atomic E-state index is 0.0951. The first kappa shape index (κ1) is 19.8. The molecule has 0 aliphatic carbocycles. The molecule has 1 aromatic heterocycles. The molecule has 1 amide bonds. The van der Waals surface area contributed by atoms with E-state index in [4.69, 9.17) is 4.74 Å². The fourth-order valence-corrected chi connectivity index (χ4v) is 2.10. The summed E-state index contributed by atoms with van der Waals surface area (Å²) >= 11 is 0. The molecule has 2 aromatic rings. The molecule has 142 valence electrons. The van der Waals surface area contributed by atoms with Crippen molar-refractivity contribution in [2.24, 2.45) is 0 Å². The van der Waals surface area contributed by atoms with Gasteiger partial charge < -0.3 is 25.4 Å². The number of hydrogen-bond acceptors (Lipinski definition) is 7. The van der Waals surface area contributed by atoms with Crippen molar-refractivity contribution in [3.8, 4) is 5.69 Å². The van der Waals surface area contributed by atoms with Crippen molar-refractivity contribution in [1.29, 1.82) is 0 Å². The molecule has 9 nitrogen and oxygen atoms in total. The maximum Gasteiger partial charge on any atom is 0.407 e. The summed E-state index contributed by atoms with van der Waals surface area (Å²) in [6.45, 7) is 4.83. The summed E-state index contributed by atoms with van der Waals surface area (Å²) in [7, 11) is 0. The highest BCUT2D eigenvalue weighted by molar-refractivity contribution is 5.67. The largest absolute Gasteiger partial charge is 0.444 e. The molecule has 2 rings (SSSR count). The van der Waals surface area contributed by atoms with Gasteiger partial charge >= 0.3 is 6.09 Å². The Labute approximate surface area is 151 Å². The lowest BCUT2D eigenvalue weighted by Gasteiger charge is -2.23. The number of para-hydroxylation sites is 1. The van der Waals surface area contributed by atoms with E-state index < -0.39 is 30.0 Å². The van der Waals surface area contributed by atoms with Crippen LogP contribution in [0.15, 0.2) is 36.5 Å². The van der Waals surface area contributed by atoms with Crippen LogP contribution in [-0.2, 0) is 4.74 Å². The smallest absolute Gasteiger partial charge is 0.407 e. The Morgan fingerprint density at radius 2 is 1.88 bits per heavy atom. The fourth-order valence-electron chi connectivity index (χ4n) is 2.10. The van der Waals surface area contributed by atoms with Crippen molar-refractivity contribution >= 4 is 6.09 Å². The normalized spacial score (nSPS) is 15.2. The molecule has 0 saturated carbocycles. The second-order valence-electron chi connectivity index (χ2n) is 6.78. The van der Waals surface area contributed by atoms with Gasteiger partial charge in [-0.1, -0.05) is 18.2 Å². The molecule has 0 aliphatic heterocycles. The van der Waals surface area contributed by atoms with Gasteiger partial charge in [-0.05, 0) is 32.9 Å². The summed E-state index contributed by atoms with van der Waals surface area (Å²) in [5, 5.41) is 40.7. The number of carbonyl (C=O) groups is 1. The third kappa shape index (κ3) is 5.51. The first-order chi connectivity index (χ1) is 12.2. The van der Waals surface area contributed by atoms with Crippen LogP contribution in [0.1, 0.15) is 32.6 Å². The van der Waals surface area contributed by atoms with Crippen molar-refractivity contribution in [1.82, 2.24) is 20.3 Å². The zero-order valence-corrected chi connectivity index (χ0v) is 14.9. The van der Waals surface area contributed by atoms with Crippen LogP contribution in [-0.4, -0.2) is 60.8 Å². The quantitative estimate of drug-likeness (QED) is 0.589. The summed E-state index contributed by atoms with van der Waals surface area (Å²) in [4.78, 5) is 12.9. The molecule has 0 spiro atoms. The minimum atomic E-state index is -1.56. The van der Waals surface area contributed by atoms with E-state index >= 15 is 0 Å². The molecule has 0 saturated heterocycles. The fraction of sp³-hybridized carbons (Fsp3) is 0.471. The molecule has 1 aromatic carbocycles. The van der Waals surface area contributed by atoms with E-state index in [-0.39, 0.29) is 12.2 Å². The number of alkyl carbamates (subject to hydrolysis) is 1. The van der Waals surface area contributed by atoms with Crippen LogP contribution in [0.25, 0.3) is 5.69 Å². The third-order valence-corrected chi connectivity index (χ3v) is 3.37. The van der Waals surface area contributed by atoms with Crippen LogP contribution in [0.3, 0.4) is 0 Å². The summed E-state index contributed by atoms with van der Waals surface area (Å²) in [6, 6.07) is 9.05. The Hall–Kier alpha value is -2.49. The Kier molecular flexibility index (Phi) is 6.30. The number of hydrogen-bond donors (Lipinski definition) is 4. The molecule has 0 radical (unpaired) electrons. The van der Waals surface area contributed by atoms with Gasteiger partial charge in [-0.15, -0.1) is 0 Å². The second-order valence-corrected chi connectivity index (χ2v) is 6.78. The predicted octanol–water partition coefficient (Wildman–Crippen LogP) is 0.547. The van der Waals surface area contributed by atoms with E-state index in [1.807, 2.05) is 18.2 Å². The molecule has 0 unspecified atom stereocenters. The highest BCUT2D eigenvalue weighted by Crippen LogP contribution is 2.17. The van der Waals surface area contributed by atoms with Gasteiger partial charge in [0.25, 0.3) is 0 Å². The monoisotopic (exact) mass is 364 g/mol. The Morgan fingerprint density at radius 3 is 2.50 bits per heavy atom. The molecule has 9 heteroatoms. The number of nitrogens with zero attached hydrogens (tertiary/aromatic N) is 3. The molecule has 26 heavy (non-hydrogen) atoms. The maximum absolute atomic E-state index is 11.6. The molecule has 3 atom stereocenters. The van der Waals surface area contributed by atoms with E-state index in [9.17, 15) is 20.1 Å². The predicted molar refractivity (Wildman–Crippen MR) is 92.6 cm³/mol. The number of carbonyl (C=O) groups excluding carboxylic acids is 1. The molecule has 0 bridgehead atoms. The van der Waals surface area contributed by atoms with Crippen LogP contribution in [0.4, 0.5) is 4.79 Å². The molecular formula is C17H24N4O5. The minimum Gasteiger partial charge on any atom is -0.444 e. The number of aliphatic hydroxyl groups excluding tert-OH is 3. The zero-order valence-electron chi connectivity index (χ0n) is 14.9. The van der Waals surface area contributed by atoms with Crippen LogP contribution < -0.4 is 5.32 Å². The highest BCUT2D eigenvalue weighted by atomic mass is 16.6. The number of aromatic nitrogens is 3. The molecule has 0 aliphatic rings. The number of benzene rings is 1. The first-order valence-corrected chi connectivity index (χ1v) is 8.16. The number of rotatable bonds is 6. The number of aliphatic hydroxyl groups is 3. The molecule has 1 heterocycles. The van der Waals surface area contributed by atoms with Crippen molar-refractivity contribution < 1.29 is 24.9 Å². The van der Waals surface area contributed by atoms with Gasteiger partial charge in [-0.2, -0.15) is 15.0 Å². The second kappa shape index (κ2) is 8.26. The first-order valence-electron chi connectivity index (χ1n) is 8.16. The Bertz CT molecular complexity index is 713. The van der Waals surface area contributed by atoms with Gasteiger partial charge in [0, 0.05) is 6.54 Å². The lowest BCUT2D eigenvalue weighted by atomic mass is 10.1. The Balaban J connectivity index is 1.93. The lowest BCUT2D eigenvalue weighted by molar-refractivity contribution is -0.0613. The van der Waals surface area contributed by atoms with E-state index in [0.717, 1.165) is 0 Å². The summed E-state index contributed by atoms with van der Waals surface area (Å²) in [6.07, 6.45) is -3.88. The van der Waals surface area contributed by atoms with Crippen molar-refractivity contribution in [3.05, 3.63) is 42.2 Å². The van der Waals surface area contributed by atoms with Crippen molar-refractivity contribution in [2.75, 3.05) is 6.54 Å². The van der Waals surface area contributed by atoms with E-state index in [0.29, 0.717) is 5.69 Å². The van der Waals surface area contributed by atoms with Gasteiger partial charge in [0.1, 0.15) is 29.6 Å². The van der Waals surface area contributed by atoms with E-state index in [1.165, 1.54) is 11.0 Å². The van der Waals surface area contributed by atoms with Crippen LogP contribution in [0, 0.1) is 0 Å². The SMILES string of the molecule is CC(C)(C)OC(=O)NC[C@@H](O)[C@H](O)[C@H](O)c1cnn(-c2ccccc2)n1. The number of nitrogens with one attached hydrogen (secondary N) is 1. The standard InChI is InChI=1S/C17H24N4O5/c1-17(2,3)26-16(25)18-10-13(22)15(24)14(23)12-9-19-21(20-12)11-7-5-4-6-8-11/h4-9,13-15,22-24H,10H2,1-3H3,(H,18,25)/t13-,14-,15+/m1/s1. The lowest BCUT2D eigenvalue weighted by Crippen LogP contribution is -2.43. The number of ether oxygens (including phenoxy) is 1. The van der Waals surface area contributed by atoms with Crippen LogP contribution >= 0.6 is 0 Å². The van der Waals surface area contributed by atoms with E-state index in [2.05, 4.69) is 15.5 Å². The van der Waals surface area contributed by atoms with Gasteiger partial charge in [0.2, 0.25) is 0 Å². The molecule has 0 fully saturated rings. The highest BCUT2D eigenvalue weighted by Gasteiger charge is 2.29.